The van der Waals surface area contributed by atoms with Crippen molar-refractivity contribution < 1.29 is 14.3 Å². The summed E-state index contributed by atoms with van der Waals surface area (Å²) in [6.45, 7) is 5.26. The van der Waals surface area contributed by atoms with Crippen LogP contribution in [0.5, 0.6) is 11.5 Å². The maximum absolute atomic E-state index is 12.3. The van der Waals surface area contributed by atoms with Crippen LogP contribution in [0.3, 0.4) is 0 Å². The number of thiazole rings is 1. The van der Waals surface area contributed by atoms with E-state index in [1.807, 2.05) is 32.0 Å². The molecule has 22 heavy (non-hydrogen) atoms. The lowest BCUT2D eigenvalue weighted by molar-refractivity contribution is 0.0768. The predicted molar refractivity (Wildman–Crippen MR) is 87.9 cm³/mol. The third kappa shape index (κ3) is 3.06. The molecule has 5 nitrogen and oxygen atoms in total. The number of hydrogen-bond donors (Lipinski definition) is 0. The molecule has 0 unspecified atom stereocenters. The fourth-order valence-corrected chi connectivity index (χ4v) is 3.04. The maximum Gasteiger partial charge on any atom is 0.273 e. The molecule has 1 heterocycles. The molecule has 6 heteroatoms. The zero-order valence-corrected chi connectivity index (χ0v) is 14.1. The normalized spacial score (nSPS) is 10.4. The van der Waals surface area contributed by atoms with E-state index >= 15 is 0 Å². The lowest BCUT2D eigenvalue weighted by Gasteiger charge is -2.16. The van der Waals surface area contributed by atoms with Crippen LogP contribution in [0.1, 0.15) is 24.3 Å². The molecule has 0 radical (unpaired) electrons. The highest BCUT2D eigenvalue weighted by Gasteiger charge is 2.19. The van der Waals surface area contributed by atoms with Crippen LogP contribution in [0.15, 0.2) is 23.6 Å². The van der Waals surface area contributed by atoms with Crippen molar-refractivity contribution >= 4 is 17.2 Å². The van der Waals surface area contributed by atoms with Crippen LogP contribution >= 0.6 is 11.3 Å². The summed E-state index contributed by atoms with van der Waals surface area (Å²) >= 11 is 1.42. The fraction of sp³-hybridized carbons (Fsp3) is 0.375. The average Bonchev–Trinajstić information content (AvgIpc) is 3.04. The van der Waals surface area contributed by atoms with Crippen molar-refractivity contribution in [2.24, 2.45) is 0 Å². The van der Waals surface area contributed by atoms with Gasteiger partial charge >= 0.3 is 0 Å². The summed E-state index contributed by atoms with van der Waals surface area (Å²) in [5.41, 5.74) is 1.29. The van der Waals surface area contributed by atoms with Gasteiger partial charge in [0.25, 0.3) is 5.91 Å². The average molecular weight is 320 g/mol. The number of rotatable bonds is 6. The number of benzene rings is 1. The number of ether oxygens (including phenoxy) is 2. The van der Waals surface area contributed by atoms with Crippen molar-refractivity contribution in [2.45, 2.75) is 13.8 Å². The Kier molecular flexibility index (Phi) is 5.38. The Morgan fingerprint density at radius 1 is 1.23 bits per heavy atom. The summed E-state index contributed by atoms with van der Waals surface area (Å²) in [6.07, 6.45) is 0. The summed E-state index contributed by atoms with van der Waals surface area (Å²) in [4.78, 5) is 18.6. The number of carbonyl (C=O) groups is 1. The van der Waals surface area contributed by atoms with E-state index in [1.54, 1.807) is 24.5 Å². The zero-order valence-electron chi connectivity index (χ0n) is 13.3. The van der Waals surface area contributed by atoms with Gasteiger partial charge in [0.2, 0.25) is 0 Å². The zero-order chi connectivity index (χ0) is 16.1. The Balaban J connectivity index is 2.38. The molecule has 1 amide bonds. The molecular formula is C16H20N2O3S. The first-order valence-corrected chi connectivity index (χ1v) is 8.00. The molecule has 0 bridgehead atoms. The monoisotopic (exact) mass is 320 g/mol. The van der Waals surface area contributed by atoms with E-state index in [0.29, 0.717) is 30.3 Å². The Hall–Kier alpha value is -2.08. The third-order valence-electron chi connectivity index (χ3n) is 3.41. The predicted octanol–water partition coefficient (Wildman–Crippen LogP) is 3.31. The van der Waals surface area contributed by atoms with Crippen molar-refractivity contribution in [3.05, 3.63) is 29.3 Å². The van der Waals surface area contributed by atoms with Gasteiger partial charge in [-0.1, -0.05) is 6.07 Å². The molecule has 118 valence electrons. The molecule has 0 saturated heterocycles. The van der Waals surface area contributed by atoms with Crippen LogP contribution in [-0.2, 0) is 0 Å². The SMILES string of the molecule is CCN(CC)C(=O)c1csc(-c2cccc(OC)c2OC)n1. The van der Waals surface area contributed by atoms with Crippen molar-refractivity contribution in [3.8, 4) is 22.1 Å². The second-order valence-electron chi connectivity index (χ2n) is 4.56. The van der Waals surface area contributed by atoms with Crippen LogP contribution < -0.4 is 9.47 Å². The van der Waals surface area contributed by atoms with Gasteiger partial charge in [-0.15, -0.1) is 11.3 Å². The van der Waals surface area contributed by atoms with Crippen LogP contribution in [0, 0.1) is 0 Å². The molecule has 0 aliphatic heterocycles. The van der Waals surface area contributed by atoms with Crippen LogP contribution in [0.25, 0.3) is 10.6 Å². The number of methoxy groups -OCH3 is 2. The van der Waals surface area contributed by atoms with Crippen molar-refractivity contribution in [1.82, 2.24) is 9.88 Å². The van der Waals surface area contributed by atoms with Crippen molar-refractivity contribution in [1.29, 1.82) is 0 Å². The van der Waals surface area contributed by atoms with E-state index in [0.717, 1.165) is 10.6 Å². The number of para-hydroxylation sites is 1. The van der Waals surface area contributed by atoms with E-state index < -0.39 is 0 Å². The Morgan fingerprint density at radius 2 is 1.95 bits per heavy atom. The highest BCUT2D eigenvalue weighted by Crippen LogP contribution is 2.39. The molecule has 1 aromatic heterocycles. The first-order valence-electron chi connectivity index (χ1n) is 7.12. The molecule has 0 aliphatic carbocycles. The van der Waals surface area contributed by atoms with Gasteiger partial charge in [0.1, 0.15) is 10.7 Å². The summed E-state index contributed by atoms with van der Waals surface area (Å²) in [7, 11) is 3.19. The van der Waals surface area contributed by atoms with Crippen molar-refractivity contribution in [2.75, 3.05) is 27.3 Å². The molecule has 0 saturated carbocycles. The quantitative estimate of drug-likeness (QED) is 0.819. The smallest absolute Gasteiger partial charge is 0.273 e. The highest BCUT2D eigenvalue weighted by molar-refractivity contribution is 7.13. The second-order valence-corrected chi connectivity index (χ2v) is 5.41. The van der Waals surface area contributed by atoms with Gasteiger partial charge in [0, 0.05) is 18.5 Å². The van der Waals surface area contributed by atoms with Gasteiger partial charge in [-0.25, -0.2) is 4.98 Å². The topological polar surface area (TPSA) is 51.7 Å². The molecule has 0 spiro atoms. The van der Waals surface area contributed by atoms with Gasteiger partial charge in [-0.3, -0.25) is 4.79 Å². The molecule has 0 N–H and O–H groups in total. The van der Waals surface area contributed by atoms with E-state index in [-0.39, 0.29) is 5.91 Å². The first-order chi connectivity index (χ1) is 10.7. The minimum Gasteiger partial charge on any atom is -0.493 e. The Bertz CT molecular complexity index is 651. The summed E-state index contributed by atoms with van der Waals surface area (Å²) in [5, 5.41) is 2.53. The van der Waals surface area contributed by atoms with Gasteiger partial charge < -0.3 is 14.4 Å². The molecule has 1 aromatic carbocycles. The third-order valence-corrected chi connectivity index (χ3v) is 4.28. The molecular weight excluding hydrogens is 300 g/mol. The second kappa shape index (κ2) is 7.26. The molecule has 0 aliphatic rings. The number of aromatic nitrogens is 1. The lowest BCUT2D eigenvalue weighted by atomic mass is 10.2. The molecule has 0 fully saturated rings. The summed E-state index contributed by atoms with van der Waals surface area (Å²) < 4.78 is 10.7. The molecule has 0 atom stereocenters. The van der Waals surface area contributed by atoms with Crippen molar-refractivity contribution in [3.63, 3.8) is 0 Å². The van der Waals surface area contributed by atoms with Gasteiger partial charge in [0.05, 0.1) is 19.8 Å². The van der Waals surface area contributed by atoms with Crippen LogP contribution in [0.2, 0.25) is 0 Å². The van der Waals surface area contributed by atoms with E-state index in [4.69, 9.17) is 9.47 Å². The Labute approximate surface area is 134 Å². The van der Waals surface area contributed by atoms with Crippen LogP contribution in [0.4, 0.5) is 0 Å². The van der Waals surface area contributed by atoms with E-state index in [9.17, 15) is 4.79 Å². The lowest BCUT2D eigenvalue weighted by Crippen LogP contribution is -2.30. The Morgan fingerprint density at radius 3 is 2.55 bits per heavy atom. The summed E-state index contributed by atoms with van der Waals surface area (Å²) in [6, 6.07) is 5.62. The molecule has 2 rings (SSSR count). The summed E-state index contributed by atoms with van der Waals surface area (Å²) in [5.74, 6) is 1.22. The fourth-order valence-electron chi connectivity index (χ4n) is 2.22. The first kappa shape index (κ1) is 16.3. The minimum absolute atomic E-state index is 0.0469. The number of nitrogens with zero attached hydrogens (tertiary/aromatic N) is 2. The van der Waals surface area contributed by atoms with E-state index in [1.165, 1.54) is 11.3 Å². The van der Waals surface area contributed by atoms with Gasteiger partial charge in [-0.2, -0.15) is 0 Å². The number of hydrogen-bond acceptors (Lipinski definition) is 5. The number of amides is 1. The minimum atomic E-state index is -0.0469. The molecule has 2 aromatic rings. The maximum atomic E-state index is 12.3. The van der Waals surface area contributed by atoms with E-state index in [2.05, 4.69) is 4.98 Å². The van der Waals surface area contributed by atoms with Gasteiger partial charge in [-0.05, 0) is 26.0 Å². The standard InChI is InChI=1S/C16H20N2O3S/c1-5-18(6-2)16(19)12-10-22-15(17-12)11-8-7-9-13(20-3)14(11)21-4/h7-10H,5-6H2,1-4H3. The van der Waals surface area contributed by atoms with Gasteiger partial charge in [0.15, 0.2) is 11.5 Å². The highest BCUT2D eigenvalue weighted by atomic mass is 32.1. The van der Waals surface area contributed by atoms with Crippen LogP contribution in [-0.4, -0.2) is 43.1 Å². The largest absolute Gasteiger partial charge is 0.493 e. The number of carbonyl (C=O) groups excluding carboxylic acids is 1.